The normalized spacial score (nSPS) is 19.6. The van der Waals surface area contributed by atoms with E-state index in [0.29, 0.717) is 60.4 Å². The Balaban J connectivity index is 1.21. The van der Waals surface area contributed by atoms with Gasteiger partial charge in [0, 0.05) is 66.1 Å². The van der Waals surface area contributed by atoms with E-state index in [2.05, 4.69) is 27.0 Å². The summed E-state index contributed by atoms with van der Waals surface area (Å²) in [5.74, 6) is 4.28. The lowest BCUT2D eigenvalue weighted by molar-refractivity contribution is -0.136. The number of aromatic nitrogens is 1. The van der Waals surface area contributed by atoms with Crippen molar-refractivity contribution in [1.82, 2.24) is 25.0 Å². The van der Waals surface area contributed by atoms with Crippen LogP contribution in [0.2, 0.25) is 5.02 Å². The maximum absolute atomic E-state index is 14.0. The fourth-order valence-electron chi connectivity index (χ4n) is 5.78. The third kappa shape index (κ3) is 6.46. The number of esters is 1. The number of hydrogen-bond donors (Lipinski definition) is 2. The van der Waals surface area contributed by atoms with Gasteiger partial charge in [-0.1, -0.05) is 35.6 Å². The highest BCUT2D eigenvalue weighted by Crippen LogP contribution is 2.37. The summed E-state index contributed by atoms with van der Waals surface area (Å²) >= 11 is 7.84. The molecule has 4 heterocycles. The van der Waals surface area contributed by atoms with Gasteiger partial charge in [0.15, 0.2) is 10.8 Å². The predicted molar refractivity (Wildman–Crippen MR) is 169 cm³/mol. The molecule has 14 heteroatoms. The number of amides is 2. The molecule has 2 atom stereocenters. The van der Waals surface area contributed by atoms with Crippen LogP contribution in [-0.4, -0.2) is 101 Å². The number of amidine groups is 1. The number of aliphatic imine (C=N–C) groups is 1. The first-order chi connectivity index (χ1) is 22.2. The molecule has 46 heavy (non-hydrogen) atoms. The van der Waals surface area contributed by atoms with Crippen LogP contribution >= 0.6 is 22.9 Å². The maximum atomic E-state index is 14.0. The van der Waals surface area contributed by atoms with E-state index < -0.39 is 23.8 Å². The van der Waals surface area contributed by atoms with E-state index in [1.165, 1.54) is 48.8 Å². The molecule has 2 N–H and O–H groups in total. The highest BCUT2D eigenvalue weighted by Gasteiger charge is 2.41. The quantitative estimate of drug-likeness (QED) is 0.290. The van der Waals surface area contributed by atoms with Crippen LogP contribution in [0.5, 0.6) is 0 Å². The van der Waals surface area contributed by atoms with Crippen LogP contribution in [0, 0.1) is 17.7 Å². The van der Waals surface area contributed by atoms with Gasteiger partial charge in [-0.3, -0.25) is 9.89 Å². The molecular formula is C32H28ClFN6O5S. The molecule has 3 aromatic rings. The number of piperazine rings is 1. The summed E-state index contributed by atoms with van der Waals surface area (Å²) in [5, 5.41) is 15.1. The van der Waals surface area contributed by atoms with E-state index in [1.54, 1.807) is 23.2 Å². The second-order valence-electron chi connectivity index (χ2n) is 10.8. The Morgan fingerprint density at radius 3 is 2.80 bits per heavy atom. The van der Waals surface area contributed by atoms with Crippen molar-refractivity contribution >= 4 is 46.7 Å². The summed E-state index contributed by atoms with van der Waals surface area (Å²) in [7, 11) is 1.29. The smallest absolute Gasteiger partial charge is 0.338 e. The standard InChI is InChI=1S/C32H28ClFN6O5S/c1-45-31(43)26-25(36-28(29-35-9-13-46-29)37-27(26)23-8-7-21(34)15-24(23)33)18-38-11-12-40-22(16-38)17-39(32(40)44)10-3-5-19-4-2-6-20(14-19)30(41)42/h2,4,6-9,13-15,22,27H,10-12,16-18H2,1H3,(H,36,37)(H,41,42). The van der Waals surface area contributed by atoms with Crippen LogP contribution in [0.4, 0.5) is 9.18 Å². The number of carbonyl (C=O) groups is 3. The molecule has 2 fully saturated rings. The topological polar surface area (TPSA) is 128 Å². The second kappa shape index (κ2) is 13.3. The molecule has 0 aliphatic carbocycles. The monoisotopic (exact) mass is 662 g/mol. The van der Waals surface area contributed by atoms with Crippen molar-refractivity contribution in [2.45, 2.75) is 12.1 Å². The Morgan fingerprint density at radius 2 is 2.07 bits per heavy atom. The van der Waals surface area contributed by atoms with Gasteiger partial charge in [0.1, 0.15) is 11.9 Å². The van der Waals surface area contributed by atoms with Crippen LogP contribution in [0.25, 0.3) is 0 Å². The van der Waals surface area contributed by atoms with Gasteiger partial charge in [-0.05, 0) is 30.3 Å². The zero-order valence-corrected chi connectivity index (χ0v) is 26.1. The molecule has 11 nitrogen and oxygen atoms in total. The van der Waals surface area contributed by atoms with E-state index in [0.717, 1.165) is 0 Å². The van der Waals surface area contributed by atoms with Crippen LogP contribution in [0.15, 0.2) is 70.3 Å². The Morgan fingerprint density at radius 1 is 1.22 bits per heavy atom. The third-order valence-corrected chi connectivity index (χ3v) is 9.04. The molecule has 3 aliphatic rings. The van der Waals surface area contributed by atoms with Crippen LogP contribution in [0.1, 0.15) is 32.5 Å². The molecule has 2 amide bonds. The van der Waals surface area contributed by atoms with E-state index >= 15 is 0 Å². The number of hydrogen-bond acceptors (Lipinski definition) is 9. The van der Waals surface area contributed by atoms with Gasteiger partial charge in [-0.2, -0.15) is 0 Å². The number of carboxylic acids is 1. The van der Waals surface area contributed by atoms with Crippen LogP contribution in [-0.2, 0) is 9.53 Å². The first-order valence-corrected chi connectivity index (χ1v) is 15.6. The van der Waals surface area contributed by atoms with Crippen LogP contribution < -0.4 is 5.32 Å². The molecule has 2 saturated heterocycles. The highest BCUT2D eigenvalue weighted by molar-refractivity contribution is 7.11. The van der Waals surface area contributed by atoms with Gasteiger partial charge in [0.25, 0.3) is 0 Å². The maximum Gasteiger partial charge on any atom is 0.338 e. The number of nitrogens with zero attached hydrogens (tertiary/aromatic N) is 5. The minimum absolute atomic E-state index is 0.0985. The van der Waals surface area contributed by atoms with Crippen molar-refractivity contribution in [2.75, 3.05) is 46.4 Å². The lowest BCUT2D eigenvalue weighted by Crippen LogP contribution is -2.53. The zero-order valence-electron chi connectivity index (χ0n) is 24.6. The van der Waals surface area contributed by atoms with E-state index in [9.17, 15) is 23.9 Å². The fourth-order valence-corrected chi connectivity index (χ4v) is 6.63. The SMILES string of the molecule is COC(=O)C1=C(CN2CCN3C(=O)N(CC#Cc4cccc(C(=O)O)c4)CC3C2)NC(c2nccs2)=NC1c1ccc(F)cc1Cl. The van der Waals surface area contributed by atoms with E-state index in [1.807, 2.05) is 10.3 Å². The number of carboxylic acid groups (broad SMARTS) is 1. The number of thiazole rings is 1. The molecule has 2 aromatic carbocycles. The number of nitrogens with one attached hydrogen (secondary N) is 1. The minimum atomic E-state index is -1.03. The molecular weight excluding hydrogens is 635 g/mol. The predicted octanol–water partition coefficient (Wildman–Crippen LogP) is 3.63. The molecule has 3 aliphatic heterocycles. The average molecular weight is 663 g/mol. The molecule has 2 unspecified atom stereocenters. The Bertz CT molecular complexity index is 1820. The highest BCUT2D eigenvalue weighted by atomic mass is 35.5. The summed E-state index contributed by atoms with van der Waals surface area (Å²) in [6.07, 6.45) is 1.66. The number of fused-ring (bicyclic) bond motifs is 1. The number of aromatic carboxylic acids is 1. The summed E-state index contributed by atoms with van der Waals surface area (Å²) in [6, 6.07) is 9.26. The Kier molecular flexibility index (Phi) is 9.03. The minimum Gasteiger partial charge on any atom is -0.478 e. The molecule has 236 valence electrons. The molecule has 0 radical (unpaired) electrons. The Hall–Kier alpha value is -4.77. The second-order valence-corrected chi connectivity index (χ2v) is 12.1. The first kappa shape index (κ1) is 31.2. The van der Waals surface area contributed by atoms with Crippen molar-refractivity contribution in [3.8, 4) is 11.8 Å². The Labute approximate surface area is 272 Å². The lowest BCUT2D eigenvalue weighted by Gasteiger charge is -2.38. The van der Waals surface area contributed by atoms with Gasteiger partial charge in [0.2, 0.25) is 0 Å². The van der Waals surface area contributed by atoms with Crippen molar-refractivity contribution in [2.24, 2.45) is 4.99 Å². The number of urea groups is 1. The van der Waals surface area contributed by atoms with Gasteiger partial charge in [-0.15, -0.1) is 11.3 Å². The lowest BCUT2D eigenvalue weighted by atomic mass is 9.95. The number of benzene rings is 2. The van der Waals surface area contributed by atoms with Crippen molar-refractivity contribution in [3.63, 3.8) is 0 Å². The summed E-state index contributed by atoms with van der Waals surface area (Å²) < 4.78 is 19.1. The summed E-state index contributed by atoms with van der Waals surface area (Å²) in [4.78, 5) is 52.5. The number of rotatable bonds is 7. The number of ether oxygens (including phenoxy) is 1. The molecule has 0 bridgehead atoms. The summed E-state index contributed by atoms with van der Waals surface area (Å²) in [5.41, 5.74) is 1.98. The number of carbonyl (C=O) groups excluding carboxylic acids is 2. The average Bonchev–Trinajstić information content (AvgIpc) is 3.69. The van der Waals surface area contributed by atoms with Crippen molar-refractivity contribution in [3.05, 3.63) is 97.8 Å². The molecule has 0 spiro atoms. The number of methoxy groups -OCH3 is 1. The first-order valence-electron chi connectivity index (χ1n) is 14.3. The summed E-state index contributed by atoms with van der Waals surface area (Å²) in [6.45, 7) is 2.57. The molecule has 6 rings (SSSR count). The van der Waals surface area contributed by atoms with Crippen LogP contribution in [0.3, 0.4) is 0 Å². The zero-order chi connectivity index (χ0) is 32.4. The largest absolute Gasteiger partial charge is 0.478 e. The molecule has 1 aromatic heterocycles. The van der Waals surface area contributed by atoms with Gasteiger partial charge in [0.05, 0.1) is 30.8 Å². The molecule has 0 saturated carbocycles. The van der Waals surface area contributed by atoms with Gasteiger partial charge >= 0.3 is 18.0 Å². The van der Waals surface area contributed by atoms with Gasteiger partial charge in [-0.25, -0.2) is 23.8 Å². The third-order valence-electron chi connectivity index (χ3n) is 7.93. The van der Waals surface area contributed by atoms with Gasteiger partial charge < -0.3 is 25.0 Å². The van der Waals surface area contributed by atoms with E-state index in [-0.39, 0.29) is 34.8 Å². The van der Waals surface area contributed by atoms with Crippen molar-refractivity contribution < 1.29 is 28.6 Å². The fraction of sp³-hybridized carbons (Fsp3) is 0.281. The van der Waals surface area contributed by atoms with E-state index in [4.69, 9.17) is 21.3 Å². The number of halogens is 2. The van der Waals surface area contributed by atoms with Crippen molar-refractivity contribution in [1.29, 1.82) is 0 Å².